The molecule has 188 valence electrons. The lowest BCUT2D eigenvalue weighted by Crippen LogP contribution is -2.31. The monoisotopic (exact) mass is 496 g/mol. The van der Waals surface area contributed by atoms with Crippen molar-refractivity contribution in [1.29, 1.82) is 0 Å². The van der Waals surface area contributed by atoms with Crippen LogP contribution in [0, 0.1) is 13.8 Å². The summed E-state index contributed by atoms with van der Waals surface area (Å²) in [4.78, 5) is 13.7. The molecular formula is C28H28N6O3. The van der Waals surface area contributed by atoms with Crippen LogP contribution in [0.1, 0.15) is 35.2 Å². The second-order valence-corrected chi connectivity index (χ2v) is 8.97. The SMILES string of the molecule is COc1cc(C2C(C(=O)Nc3ccc(C)cc3C)=C(C)Nc3nnnn32)ccc1OCc1ccccc1. The van der Waals surface area contributed by atoms with Gasteiger partial charge in [0.1, 0.15) is 12.6 Å². The Morgan fingerprint density at radius 3 is 2.59 bits per heavy atom. The van der Waals surface area contributed by atoms with Crippen LogP contribution in [0.5, 0.6) is 11.5 Å². The number of amides is 1. The minimum atomic E-state index is -0.575. The summed E-state index contributed by atoms with van der Waals surface area (Å²) in [6.07, 6.45) is 0. The molecule has 0 fully saturated rings. The van der Waals surface area contributed by atoms with E-state index in [2.05, 4.69) is 26.2 Å². The zero-order chi connectivity index (χ0) is 25.9. The Morgan fingerprint density at radius 2 is 1.84 bits per heavy atom. The van der Waals surface area contributed by atoms with Gasteiger partial charge < -0.3 is 20.1 Å². The summed E-state index contributed by atoms with van der Waals surface area (Å²) in [5, 5.41) is 18.3. The van der Waals surface area contributed by atoms with Gasteiger partial charge in [-0.1, -0.05) is 59.2 Å². The minimum absolute atomic E-state index is 0.244. The number of hydrogen-bond donors (Lipinski definition) is 2. The Morgan fingerprint density at radius 1 is 1.03 bits per heavy atom. The molecule has 1 unspecified atom stereocenters. The maximum absolute atomic E-state index is 13.7. The zero-order valence-electron chi connectivity index (χ0n) is 21.1. The van der Waals surface area contributed by atoms with Gasteiger partial charge in [-0.05, 0) is 66.1 Å². The van der Waals surface area contributed by atoms with Gasteiger partial charge in [-0.2, -0.15) is 4.68 Å². The molecule has 1 aliphatic heterocycles. The number of hydrogen-bond acceptors (Lipinski definition) is 7. The van der Waals surface area contributed by atoms with Crippen molar-refractivity contribution in [3.05, 3.63) is 100 Å². The lowest BCUT2D eigenvalue weighted by atomic mass is 9.94. The molecular weight excluding hydrogens is 468 g/mol. The molecule has 0 radical (unpaired) electrons. The van der Waals surface area contributed by atoms with Crippen molar-refractivity contribution in [2.45, 2.75) is 33.4 Å². The number of methoxy groups -OCH3 is 1. The Kier molecular flexibility index (Phi) is 6.59. The number of rotatable bonds is 7. The smallest absolute Gasteiger partial charge is 0.255 e. The van der Waals surface area contributed by atoms with E-state index in [0.717, 1.165) is 27.9 Å². The molecule has 0 saturated carbocycles. The largest absolute Gasteiger partial charge is 0.493 e. The highest BCUT2D eigenvalue weighted by atomic mass is 16.5. The zero-order valence-corrected chi connectivity index (χ0v) is 21.1. The molecule has 5 rings (SSSR count). The summed E-state index contributed by atoms with van der Waals surface area (Å²) >= 11 is 0. The molecule has 9 nitrogen and oxygen atoms in total. The molecule has 1 aliphatic rings. The van der Waals surface area contributed by atoms with E-state index >= 15 is 0 Å². The van der Waals surface area contributed by atoms with Gasteiger partial charge in [0.2, 0.25) is 5.95 Å². The van der Waals surface area contributed by atoms with Crippen LogP contribution >= 0.6 is 0 Å². The number of carbonyl (C=O) groups excluding carboxylic acids is 1. The lowest BCUT2D eigenvalue weighted by Gasteiger charge is -2.28. The van der Waals surface area contributed by atoms with E-state index in [9.17, 15) is 4.79 Å². The van der Waals surface area contributed by atoms with Crippen LogP contribution in [0.25, 0.3) is 0 Å². The summed E-state index contributed by atoms with van der Waals surface area (Å²) in [5.41, 5.74) is 5.86. The van der Waals surface area contributed by atoms with Gasteiger partial charge in [-0.25, -0.2) is 0 Å². The van der Waals surface area contributed by atoms with E-state index in [-0.39, 0.29) is 5.91 Å². The molecule has 0 spiro atoms. The molecule has 1 atom stereocenters. The third kappa shape index (κ3) is 4.88. The molecule has 0 bridgehead atoms. The molecule has 2 N–H and O–H groups in total. The average Bonchev–Trinajstić information content (AvgIpc) is 3.36. The first-order valence-corrected chi connectivity index (χ1v) is 11.9. The van der Waals surface area contributed by atoms with E-state index in [1.165, 1.54) is 0 Å². The van der Waals surface area contributed by atoms with Crippen LogP contribution in [0.15, 0.2) is 78.0 Å². The number of aryl methyl sites for hydroxylation is 2. The van der Waals surface area contributed by atoms with Crippen molar-refractivity contribution in [3.63, 3.8) is 0 Å². The Labute approximate surface area is 215 Å². The van der Waals surface area contributed by atoms with E-state index in [0.29, 0.717) is 35.3 Å². The number of benzene rings is 3. The van der Waals surface area contributed by atoms with Crippen molar-refractivity contribution in [2.24, 2.45) is 0 Å². The number of fused-ring (bicyclic) bond motifs is 1. The van der Waals surface area contributed by atoms with Crippen LogP contribution in [0.4, 0.5) is 11.6 Å². The summed E-state index contributed by atoms with van der Waals surface area (Å²) in [5.74, 6) is 1.36. The molecule has 0 saturated heterocycles. The van der Waals surface area contributed by atoms with Crippen molar-refractivity contribution in [3.8, 4) is 11.5 Å². The fraction of sp³-hybridized carbons (Fsp3) is 0.214. The number of tetrazole rings is 1. The quantitative estimate of drug-likeness (QED) is 0.379. The summed E-state index contributed by atoms with van der Waals surface area (Å²) < 4.78 is 13.3. The van der Waals surface area contributed by atoms with Gasteiger partial charge in [0.25, 0.3) is 5.91 Å². The van der Waals surface area contributed by atoms with Crippen molar-refractivity contribution in [1.82, 2.24) is 20.2 Å². The normalized spacial score (nSPS) is 14.5. The molecule has 37 heavy (non-hydrogen) atoms. The van der Waals surface area contributed by atoms with Crippen LogP contribution in [0.2, 0.25) is 0 Å². The van der Waals surface area contributed by atoms with Crippen LogP contribution in [-0.2, 0) is 11.4 Å². The first-order valence-electron chi connectivity index (χ1n) is 11.9. The van der Waals surface area contributed by atoms with Crippen molar-refractivity contribution >= 4 is 17.5 Å². The van der Waals surface area contributed by atoms with E-state index in [1.54, 1.807) is 11.8 Å². The Bertz CT molecular complexity index is 1480. The number of nitrogens with zero attached hydrogens (tertiary/aromatic N) is 4. The number of anilines is 2. The number of ether oxygens (including phenoxy) is 2. The van der Waals surface area contributed by atoms with Gasteiger partial charge in [0.05, 0.1) is 12.7 Å². The summed E-state index contributed by atoms with van der Waals surface area (Å²) in [6.45, 7) is 6.24. The van der Waals surface area contributed by atoms with Crippen molar-refractivity contribution < 1.29 is 14.3 Å². The summed E-state index contributed by atoms with van der Waals surface area (Å²) in [6, 6.07) is 20.9. The molecule has 9 heteroatoms. The predicted octanol–water partition coefficient (Wildman–Crippen LogP) is 4.81. The Hall–Kier alpha value is -4.66. The number of carbonyl (C=O) groups is 1. The molecule has 1 amide bonds. The third-order valence-corrected chi connectivity index (χ3v) is 6.33. The first-order chi connectivity index (χ1) is 17.9. The van der Waals surface area contributed by atoms with Crippen LogP contribution < -0.4 is 20.1 Å². The number of nitrogens with one attached hydrogen (secondary N) is 2. The van der Waals surface area contributed by atoms with Gasteiger partial charge in [0.15, 0.2) is 11.5 Å². The molecule has 1 aromatic heterocycles. The van der Waals surface area contributed by atoms with Crippen LogP contribution in [-0.4, -0.2) is 33.2 Å². The molecule has 2 heterocycles. The fourth-order valence-corrected chi connectivity index (χ4v) is 4.47. The van der Waals surface area contributed by atoms with Gasteiger partial charge in [-0.3, -0.25) is 4.79 Å². The highest BCUT2D eigenvalue weighted by Crippen LogP contribution is 2.39. The van der Waals surface area contributed by atoms with Crippen molar-refractivity contribution in [2.75, 3.05) is 17.7 Å². The minimum Gasteiger partial charge on any atom is -0.493 e. The summed E-state index contributed by atoms with van der Waals surface area (Å²) in [7, 11) is 1.59. The second kappa shape index (κ2) is 10.1. The fourth-order valence-electron chi connectivity index (χ4n) is 4.47. The highest BCUT2D eigenvalue weighted by Gasteiger charge is 2.34. The predicted molar refractivity (Wildman–Crippen MR) is 141 cm³/mol. The maximum Gasteiger partial charge on any atom is 0.255 e. The maximum atomic E-state index is 13.7. The standard InChI is InChI=1S/C28H28N6O3/c1-17-10-12-22(18(2)14-17)30-27(35)25-19(3)29-28-31-32-33-34(28)26(25)21-11-13-23(24(15-21)36-4)37-16-20-8-6-5-7-9-20/h5-15,26H,16H2,1-4H3,(H,30,35)(H,29,31,33). The topological polar surface area (TPSA) is 103 Å². The Balaban J connectivity index is 1.49. The molecule has 3 aromatic carbocycles. The van der Waals surface area contributed by atoms with Gasteiger partial charge in [0, 0.05) is 11.4 Å². The lowest BCUT2D eigenvalue weighted by molar-refractivity contribution is -0.113. The van der Waals surface area contributed by atoms with E-state index in [1.807, 2.05) is 87.5 Å². The first kappa shape index (κ1) is 24.1. The van der Waals surface area contributed by atoms with Gasteiger partial charge in [-0.15, -0.1) is 0 Å². The highest BCUT2D eigenvalue weighted by molar-refractivity contribution is 6.06. The van der Waals surface area contributed by atoms with Crippen LogP contribution in [0.3, 0.4) is 0 Å². The number of allylic oxidation sites excluding steroid dienone is 1. The third-order valence-electron chi connectivity index (χ3n) is 6.33. The average molecular weight is 497 g/mol. The van der Waals surface area contributed by atoms with E-state index < -0.39 is 6.04 Å². The molecule has 4 aromatic rings. The number of aromatic nitrogens is 4. The van der Waals surface area contributed by atoms with Gasteiger partial charge >= 0.3 is 0 Å². The van der Waals surface area contributed by atoms with E-state index in [4.69, 9.17) is 9.47 Å². The second-order valence-electron chi connectivity index (χ2n) is 8.97. The molecule has 0 aliphatic carbocycles.